The minimum absolute atomic E-state index is 0.273. The second-order valence-electron chi connectivity index (χ2n) is 5.24. The van der Waals surface area contributed by atoms with Crippen LogP contribution in [0, 0.1) is 6.92 Å². The fourth-order valence-electron chi connectivity index (χ4n) is 2.06. The molecule has 5 nitrogen and oxygen atoms in total. The van der Waals surface area contributed by atoms with E-state index in [4.69, 9.17) is 11.6 Å². The van der Waals surface area contributed by atoms with Crippen molar-refractivity contribution >= 4 is 34.7 Å². The first-order valence-corrected chi connectivity index (χ1v) is 7.70. The molecule has 2 N–H and O–H groups in total. The third kappa shape index (κ3) is 4.08. The Morgan fingerprint density at radius 3 is 2.33 bits per heavy atom. The number of aryl methyl sites for hydroxylation is 1. The first-order chi connectivity index (χ1) is 11.6. The lowest BCUT2D eigenvalue weighted by Gasteiger charge is -2.08. The van der Waals surface area contributed by atoms with Gasteiger partial charge in [-0.25, -0.2) is 9.97 Å². The minimum Gasteiger partial charge on any atom is -0.340 e. The molecule has 0 aliphatic carbocycles. The number of rotatable bonds is 4. The maximum atomic E-state index is 12.3. The summed E-state index contributed by atoms with van der Waals surface area (Å²) in [4.78, 5) is 20.4. The van der Waals surface area contributed by atoms with Crippen molar-refractivity contribution in [2.75, 3.05) is 10.6 Å². The van der Waals surface area contributed by atoms with E-state index in [1.165, 1.54) is 11.9 Å². The van der Waals surface area contributed by atoms with Crippen LogP contribution in [0.1, 0.15) is 16.1 Å². The fraction of sp³-hybridized carbons (Fsp3) is 0.0556. The van der Waals surface area contributed by atoms with Gasteiger partial charge in [-0.15, -0.1) is 0 Å². The molecule has 1 heterocycles. The van der Waals surface area contributed by atoms with E-state index in [9.17, 15) is 4.79 Å². The molecule has 3 rings (SSSR count). The summed E-state index contributed by atoms with van der Waals surface area (Å²) < 4.78 is 0. The average Bonchev–Trinajstić information content (AvgIpc) is 2.59. The predicted molar refractivity (Wildman–Crippen MR) is 95.9 cm³/mol. The van der Waals surface area contributed by atoms with Crippen molar-refractivity contribution in [2.45, 2.75) is 6.92 Å². The van der Waals surface area contributed by atoms with Gasteiger partial charge in [-0.3, -0.25) is 4.79 Å². The summed E-state index contributed by atoms with van der Waals surface area (Å²) in [5.41, 5.74) is 2.99. The molecule has 0 fully saturated rings. The van der Waals surface area contributed by atoms with Crippen LogP contribution in [0.2, 0.25) is 5.02 Å². The molecule has 1 aromatic heterocycles. The lowest BCUT2D eigenvalue weighted by Crippen LogP contribution is -2.14. The van der Waals surface area contributed by atoms with Crippen LogP contribution in [0.15, 0.2) is 60.9 Å². The SMILES string of the molecule is Cc1ccc(Nc2cc(C(=O)Nc3ccc(Cl)cc3)ncn2)cc1. The number of amides is 1. The van der Waals surface area contributed by atoms with Crippen LogP contribution in [0.5, 0.6) is 0 Å². The number of nitrogens with zero attached hydrogens (tertiary/aromatic N) is 2. The van der Waals surface area contributed by atoms with Crippen molar-refractivity contribution in [3.05, 3.63) is 77.2 Å². The van der Waals surface area contributed by atoms with Crippen LogP contribution in [0.4, 0.5) is 17.2 Å². The lowest BCUT2D eigenvalue weighted by molar-refractivity contribution is 0.102. The van der Waals surface area contributed by atoms with E-state index < -0.39 is 0 Å². The maximum Gasteiger partial charge on any atom is 0.274 e. The van der Waals surface area contributed by atoms with E-state index >= 15 is 0 Å². The number of hydrogen-bond acceptors (Lipinski definition) is 4. The Morgan fingerprint density at radius 1 is 0.958 bits per heavy atom. The molecule has 0 saturated heterocycles. The summed E-state index contributed by atoms with van der Waals surface area (Å²) in [7, 11) is 0. The molecule has 6 heteroatoms. The zero-order chi connectivity index (χ0) is 16.9. The van der Waals surface area contributed by atoms with Gasteiger partial charge in [-0.05, 0) is 43.3 Å². The van der Waals surface area contributed by atoms with Crippen molar-refractivity contribution in [1.29, 1.82) is 0 Å². The molecule has 0 spiro atoms. The van der Waals surface area contributed by atoms with Gasteiger partial charge < -0.3 is 10.6 Å². The Labute approximate surface area is 144 Å². The first-order valence-electron chi connectivity index (χ1n) is 7.33. The normalized spacial score (nSPS) is 10.2. The third-order valence-electron chi connectivity index (χ3n) is 3.33. The number of carbonyl (C=O) groups is 1. The van der Waals surface area contributed by atoms with Crippen molar-refractivity contribution in [3.63, 3.8) is 0 Å². The molecule has 0 bridgehead atoms. The highest BCUT2D eigenvalue weighted by Gasteiger charge is 2.09. The Kier molecular flexibility index (Phi) is 4.72. The largest absolute Gasteiger partial charge is 0.340 e. The molecule has 0 aliphatic rings. The zero-order valence-corrected chi connectivity index (χ0v) is 13.7. The molecule has 3 aromatic rings. The monoisotopic (exact) mass is 338 g/mol. The molecule has 0 radical (unpaired) electrons. The summed E-state index contributed by atoms with van der Waals surface area (Å²) in [5.74, 6) is 0.238. The predicted octanol–water partition coefficient (Wildman–Crippen LogP) is 4.43. The Balaban J connectivity index is 1.73. The van der Waals surface area contributed by atoms with Crippen LogP contribution in [-0.2, 0) is 0 Å². The topological polar surface area (TPSA) is 66.9 Å². The van der Waals surface area contributed by atoms with Gasteiger partial charge >= 0.3 is 0 Å². The molecule has 0 aliphatic heterocycles. The highest BCUT2D eigenvalue weighted by molar-refractivity contribution is 6.30. The number of nitrogens with one attached hydrogen (secondary N) is 2. The van der Waals surface area contributed by atoms with Gasteiger partial charge in [0.15, 0.2) is 0 Å². The molecule has 0 unspecified atom stereocenters. The number of anilines is 3. The van der Waals surface area contributed by atoms with Crippen molar-refractivity contribution in [2.24, 2.45) is 0 Å². The first kappa shape index (κ1) is 16.0. The third-order valence-corrected chi connectivity index (χ3v) is 3.58. The van der Waals surface area contributed by atoms with Gasteiger partial charge in [0.05, 0.1) is 0 Å². The smallest absolute Gasteiger partial charge is 0.274 e. The average molecular weight is 339 g/mol. The Hall–Kier alpha value is -2.92. The van der Waals surface area contributed by atoms with E-state index in [2.05, 4.69) is 20.6 Å². The molecule has 2 aromatic carbocycles. The van der Waals surface area contributed by atoms with Gasteiger partial charge in [-0.2, -0.15) is 0 Å². The molecule has 24 heavy (non-hydrogen) atoms. The zero-order valence-electron chi connectivity index (χ0n) is 13.0. The fourth-order valence-corrected chi connectivity index (χ4v) is 2.19. The maximum absolute atomic E-state index is 12.3. The summed E-state index contributed by atoms with van der Waals surface area (Å²) in [6, 6.07) is 16.4. The van der Waals surface area contributed by atoms with Gasteiger partial charge in [0, 0.05) is 22.5 Å². The number of halogens is 1. The second kappa shape index (κ2) is 7.10. The summed E-state index contributed by atoms with van der Waals surface area (Å²) in [5, 5.41) is 6.53. The molecule has 0 saturated carbocycles. The van der Waals surface area contributed by atoms with Crippen molar-refractivity contribution in [1.82, 2.24) is 9.97 Å². The van der Waals surface area contributed by atoms with Crippen LogP contribution < -0.4 is 10.6 Å². The van der Waals surface area contributed by atoms with Gasteiger partial charge in [0.1, 0.15) is 17.8 Å². The standard InChI is InChI=1S/C18H15ClN4O/c1-12-2-6-14(7-3-12)22-17-10-16(20-11-21-17)18(24)23-15-8-4-13(19)5-9-15/h2-11H,1H3,(H,23,24)(H,20,21,22). The van der Waals surface area contributed by atoms with Crippen molar-refractivity contribution in [3.8, 4) is 0 Å². The molecule has 120 valence electrons. The molecular weight excluding hydrogens is 324 g/mol. The number of benzene rings is 2. The highest BCUT2D eigenvalue weighted by atomic mass is 35.5. The number of aromatic nitrogens is 2. The number of carbonyl (C=O) groups excluding carboxylic acids is 1. The van der Waals surface area contributed by atoms with Crippen LogP contribution in [-0.4, -0.2) is 15.9 Å². The van der Waals surface area contributed by atoms with Gasteiger partial charge in [-0.1, -0.05) is 29.3 Å². The Bertz CT molecular complexity index is 848. The summed E-state index contributed by atoms with van der Waals surface area (Å²) >= 11 is 5.83. The van der Waals surface area contributed by atoms with Gasteiger partial charge in [0.25, 0.3) is 5.91 Å². The Morgan fingerprint density at radius 2 is 1.62 bits per heavy atom. The van der Waals surface area contributed by atoms with E-state index in [0.29, 0.717) is 16.5 Å². The summed E-state index contributed by atoms with van der Waals surface area (Å²) in [6.07, 6.45) is 1.35. The second-order valence-corrected chi connectivity index (χ2v) is 5.68. The highest BCUT2D eigenvalue weighted by Crippen LogP contribution is 2.17. The molecule has 0 atom stereocenters. The minimum atomic E-state index is -0.313. The molecular formula is C18H15ClN4O. The van der Waals surface area contributed by atoms with E-state index in [0.717, 1.165) is 5.69 Å². The summed E-state index contributed by atoms with van der Waals surface area (Å²) in [6.45, 7) is 2.02. The molecule has 1 amide bonds. The van der Waals surface area contributed by atoms with E-state index in [-0.39, 0.29) is 11.6 Å². The van der Waals surface area contributed by atoms with Crippen LogP contribution in [0.3, 0.4) is 0 Å². The van der Waals surface area contributed by atoms with Crippen molar-refractivity contribution < 1.29 is 4.79 Å². The number of hydrogen-bond donors (Lipinski definition) is 2. The van der Waals surface area contributed by atoms with E-state index in [1.807, 2.05) is 31.2 Å². The van der Waals surface area contributed by atoms with Crippen LogP contribution in [0.25, 0.3) is 0 Å². The lowest BCUT2D eigenvalue weighted by atomic mass is 10.2. The van der Waals surface area contributed by atoms with Crippen LogP contribution >= 0.6 is 11.6 Å². The van der Waals surface area contributed by atoms with E-state index in [1.54, 1.807) is 30.3 Å². The van der Waals surface area contributed by atoms with Gasteiger partial charge in [0.2, 0.25) is 0 Å². The quantitative estimate of drug-likeness (QED) is 0.738.